The van der Waals surface area contributed by atoms with E-state index >= 15 is 0 Å². The van der Waals surface area contributed by atoms with Gasteiger partial charge in [0.25, 0.3) is 0 Å². The maximum Gasteiger partial charge on any atom is 0.162 e. The van der Waals surface area contributed by atoms with Gasteiger partial charge in [-0.25, -0.2) is 0 Å². The lowest BCUT2D eigenvalue weighted by Gasteiger charge is -2.23. The molecule has 2 aliphatic rings. The van der Waals surface area contributed by atoms with E-state index in [1.165, 1.54) is 0 Å². The van der Waals surface area contributed by atoms with E-state index in [1.807, 2.05) is 0 Å². The molecule has 2 aliphatic heterocycles. The van der Waals surface area contributed by atoms with Gasteiger partial charge in [0, 0.05) is 18.2 Å². The summed E-state index contributed by atoms with van der Waals surface area (Å²) in [7, 11) is 0. The monoisotopic (exact) mass is 270 g/mol. The van der Waals surface area contributed by atoms with E-state index in [4.69, 9.17) is 25.8 Å². The third-order valence-corrected chi connectivity index (χ3v) is 3.62. The summed E-state index contributed by atoms with van der Waals surface area (Å²) >= 11 is 6.18. The van der Waals surface area contributed by atoms with Gasteiger partial charge in [-0.05, 0) is 18.9 Å². The number of ether oxygens (including phenoxy) is 3. The summed E-state index contributed by atoms with van der Waals surface area (Å²) in [6.45, 7) is 1.74. The molecule has 1 saturated heterocycles. The second-order valence-electron chi connectivity index (χ2n) is 4.51. The maximum atomic E-state index is 10.3. The van der Waals surface area contributed by atoms with Gasteiger partial charge in [-0.15, -0.1) is 0 Å². The zero-order chi connectivity index (χ0) is 12.5. The van der Waals surface area contributed by atoms with Gasteiger partial charge in [-0.1, -0.05) is 11.6 Å². The quantitative estimate of drug-likeness (QED) is 0.896. The SMILES string of the molecule is OC(c1cc2c(cc1Cl)OCCO2)C1CCCO1. The maximum absolute atomic E-state index is 10.3. The summed E-state index contributed by atoms with van der Waals surface area (Å²) in [4.78, 5) is 0. The Morgan fingerprint density at radius 2 is 1.89 bits per heavy atom. The molecule has 5 heteroatoms. The van der Waals surface area contributed by atoms with Crippen LogP contribution in [0.25, 0.3) is 0 Å². The number of hydrogen-bond acceptors (Lipinski definition) is 4. The molecule has 0 saturated carbocycles. The van der Waals surface area contributed by atoms with E-state index in [0.717, 1.165) is 12.8 Å². The van der Waals surface area contributed by atoms with Crippen LogP contribution in [0, 0.1) is 0 Å². The molecule has 0 spiro atoms. The summed E-state index contributed by atoms with van der Waals surface area (Å²) in [6.07, 6.45) is 0.941. The molecule has 0 aliphatic carbocycles. The zero-order valence-corrected chi connectivity index (χ0v) is 10.7. The van der Waals surface area contributed by atoms with E-state index in [2.05, 4.69) is 0 Å². The predicted octanol–water partition coefficient (Wildman–Crippen LogP) is 2.32. The first-order valence-corrected chi connectivity index (χ1v) is 6.52. The standard InChI is InChI=1S/C13H15ClO4/c14-9-7-12-11(17-4-5-18-12)6-8(9)13(15)10-2-1-3-16-10/h6-7,10,13,15H,1-5H2. The van der Waals surface area contributed by atoms with Crippen LogP contribution in [0.3, 0.4) is 0 Å². The Morgan fingerprint density at radius 3 is 2.56 bits per heavy atom. The third kappa shape index (κ3) is 2.16. The van der Waals surface area contributed by atoms with Crippen LogP contribution in [-0.2, 0) is 4.74 Å². The molecule has 1 N–H and O–H groups in total. The Kier molecular flexibility index (Phi) is 3.33. The molecule has 0 radical (unpaired) electrons. The van der Waals surface area contributed by atoms with Crippen molar-refractivity contribution in [2.24, 2.45) is 0 Å². The van der Waals surface area contributed by atoms with E-state index in [0.29, 0.717) is 41.9 Å². The average molecular weight is 271 g/mol. The second-order valence-corrected chi connectivity index (χ2v) is 4.92. The summed E-state index contributed by atoms with van der Waals surface area (Å²) in [6, 6.07) is 3.45. The van der Waals surface area contributed by atoms with Crippen LogP contribution < -0.4 is 9.47 Å². The first-order valence-electron chi connectivity index (χ1n) is 6.14. The number of aliphatic hydroxyl groups is 1. The molecule has 3 rings (SSSR count). The van der Waals surface area contributed by atoms with Crippen LogP contribution in [0.5, 0.6) is 11.5 Å². The highest BCUT2D eigenvalue weighted by Crippen LogP contribution is 2.39. The van der Waals surface area contributed by atoms with Crippen LogP contribution in [-0.4, -0.2) is 31.0 Å². The minimum atomic E-state index is -0.712. The first-order chi connectivity index (χ1) is 8.75. The molecule has 18 heavy (non-hydrogen) atoms. The Bertz CT molecular complexity index is 443. The lowest BCUT2D eigenvalue weighted by atomic mass is 10.0. The smallest absolute Gasteiger partial charge is 0.162 e. The second kappa shape index (κ2) is 4.96. The van der Waals surface area contributed by atoms with Gasteiger partial charge in [-0.3, -0.25) is 0 Å². The minimum Gasteiger partial charge on any atom is -0.486 e. The van der Waals surface area contributed by atoms with Crippen molar-refractivity contribution in [1.82, 2.24) is 0 Å². The summed E-state index contributed by atoms with van der Waals surface area (Å²) in [5.74, 6) is 1.27. The fourth-order valence-electron chi connectivity index (χ4n) is 2.36. The fraction of sp³-hybridized carbons (Fsp3) is 0.538. The van der Waals surface area contributed by atoms with E-state index in [-0.39, 0.29) is 6.10 Å². The normalized spacial score (nSPS) is 24.0. The van der Waals surface area contributed by atoms with E-state index in [9.17, 15) is 5.11 Å². The predicted molar refractivity (Wildman–Crippen MR) is 66.4 cm³/mol. The van der Waals surface area contributed by atoms with Crippen molar-refractivity contribution in [2.75, 3.05) is 19.8 Å². The average Bonchev–Trinajstić information content (AvgIpc) is 2.91. The lowest BCUT2D eigenvalue weighted by molar-refractivity contribution is -0.00274. The van der Waals surface area contributed by atoms with Gasteiger partial charge in [-0.2, -0.15) is 0 Å². The summed E-state index contributed by atoms with van der Waals surface area (Å²) in [5.41, 5.74) is 0.646. The number of rotatable bonds is 2. The van der Waals surface area contributed by atoms with Crippen LogP contribution in [0.2, 0.25) is 5.02 Å². The van der Waals surface area contributed by atoms with Crippen LogP contribution in [0.4, 0.5) is 0 Å². The van der Waals surface area contributed by atoms with Crippen molar-refractivity contribution >= 4 is 11.6 Å². The van der Waals surface area contributed by atoms with Crippen LogP contribution >= 0.6 is 11.6 Å². The van der Waals surface area contributed by atoms with E-state index in [1.54, 1.807) is 12.1 Å². The minimum absolute atomic E-state index is 0.176. The Labute approximate surface area is 110 Å². The van der Waals surface area contributed by atoms with Crippen molar-refractivity contribution < 1.29 is 19.3 Å². The fourth-order valence-corrected chi connectivity index (χ4v) is 2.62. The van der Waals surface area contributed by atoms with Gasteiger partial charge in [0.05, 0.1) is 11.1 Å². The van der Waals surface area contributed by atoms with Crippen molar-refractivity contribution in [1.29, 1.82) is 0 Å². The molecule has 0 bridgehead atoms. The highest BCUT2D eigenvalue weighted by Gasteiger charge is 2.28. The molecule has 1 fully saturated rings. The Balaban J connectivity index is 1.90. The molecule has 4 nitrogen and oxygen atoms in total. The molecule has 1 aromatic rings. The molecule has 2 unspecified atom stereocenters. The molecule has 0 aromatic heterocycles. The number of benzene rings is 1. The highest BCUT2D eigenvalue weighted by atomic mass is 35.5. The van der Waals surface area contributed by atoms with Gasteiger partial charge in [0.1, 0.15) is 19.3 Å². The Hall–Kier alpha value is -0.970. The van der Waals surface area contributed by atoms with Crippen molar-refractivity contribution in [3.05, 3.63) is 22.7 Å². The molecule has 2 atom stereocenters. The topological polar surface area (TPSA) is 47.9 Å². The molecular formula is C13H15ClO4. The zero-order valence-electron chi connectivity index (χ0n) is 9.89. The van der Waals surface area contributed by atoms with Crippen molar-refractivity contribution in [3.8, 4) is 11.5 Å². The van der Waals surface area contributed by atoms with Gasteiger partial charge < -0.3 is 19.3 Å². The molecule has 0 amide bonds. The largest absolute Gasteiger partial charge is 0.486 e. The Morgan fingerprint density at radius 1 is 1.17 bits per heavy atom. The highest BCUT2D eigenvalue weighted by molar-refractivity contribution is 6.31. The van der Waals surface area contributed by atoms with Gasteiger partial charge >= 0.3 is 0 Å². The number of hydrogen-bond donors (Lipinski definition) is 1. The van der Waals surface area contributed by atoms with E-state index < -0.39 is 6.10 Å². The third-order valence-electron chi connectivity index (χ3n) is 3.30. The molecule has 98 valence electrons. The molecule has 2 heterocycles. The summed E-state index contributed by atoms with van der Waals surface area (Å²) < 4.78 is 16.4. The first kappa shape index (κ1) is 12.1. The number of halogens is 1. The number of fused-ring (bicyclic) bond motifs is 1. The summed E-state index contributed by atoms with van der Waals surface area (Å²) in [5, 5.41) is 10.8. The van der Waals surface area contributed by atoms with Gasteiger partial charge in [0.15, 0.2) is 11.5 Å². The van der Waals surface area contributed by atoms with Gasteiger partial charge in [0.2, 0.25) is 0 Å². The number of aliphatic hydroxyl groups excluding tert-OH is 1. The molecule has 1 aromatic carbocycles. The lowest BCUT2D eigenvalue weighted by Crippen LogP contribution is -2.19. The van der Waals surface area contributed by atoms with Crippen molar-refractivity contribution in [3.63, 3.8) is 0 Å². The van der Waals surface area contributed by atoms with Crippen molar-refractivity contribution in [2.45, 2.75) is 25.0 Å². The van der Waals surface area contributed by atoms with Crippen LogP contribution in [0.15, 0.2) is 12.1 Å². The molecular weight excluding hydrogens is 256 g/mol. The van der Waals surface area contributed by atoms with Crippen LogP contribution in [0.1, 0.15) is 24.5 Å².